The molecule has 1 aliphatic rings. The summed E-state index contributed by atoms with van der Waals surface area (Å²) in [6.45, 7) is 12.0. The van der Waals surface area contributed by atoms with Gasteiger partial charge in [-0.15, -0.1) is 0 Å². The van der Waals surface area contributed by atoms with E-state index in [0.717, 1.165) is 0 Å². The SMILES string of the molecule is CC.CC.CC.O=C(Nc1cc2c(=O)c3ccccc3[nH]c2c2c1C(=O)c1ccccc1C2=O)c1ccccc1. The molecular formula is C34H34N2O4. The molecule has 0 saturated heterocycles. The molecule has 0 bridgehead atoms. The number of aromatic amines is 1. The van der Waals surface area contributed by atoms with E-state index in [1.54, 1.807) is 78.9 Å². The molecular weight excluding hydrogens is 500 g/mol. The number of amides is 1. The Kier molecular flexibility index (Phi) is 9.87. The molecule has 204 valence electrons. The van der Waals surface area contributed by atoms with E-state index in [-0.39, 0.29) is 55.8 Å². The van der Waals surface area contributed by atoms with E-state index in [1.165, 1.54) is 6.07 Å². The van der Waals surface area contributed by atoms with Crippen molar-refractivity contribution >= 4 is 45.0 Å². The fourth-order valence-corrected chi connectivity index (χ4v) is 4.56. The van der Waals surface area contributed by atoms with Gasteiger partial charge in [0.2, 0.25) is 0 Å². The number of benzene rings is 4. The summed E-state index contributed by atoms with van der Waals surface area (Å²) in [5.74, 6) is -1.21. The largest absolute Gasteiger partial charge is 0.354 e. The monoisotopic (exact) mass is 534 g/mol. The number of H-pyrrole nitrogens is 1. The molecule has 5 aromatic rings. The second-order valence-electron chi connectivity index (χ2n) is 8.12. The molecule has 0 aliphatic heterocycles. The molecule has 0 fully saturated rings. The highest BCUT2D eigenvalue weighted by Crippen LogP contribution is 2.36. The van der Waals surface area contributed by atoms with Gasteiger partial charge in [-0.25, -0.2) is 0 Å². The van der Waals surface area contributed by atoms with Crippen LogP contribution in [0.3, 0.4) is 0 Å². The average molecular weight is 535 g/mol. The molecule has 6 rings (SSSR count). The molecule has 40 heavy (non-hydrogen) atoms. The van der Waals surface area contributed by atoms with Crippen molar-refractivity contribution in [1.82, 2.24) is 4.98 Å². The van der Waals surface area contributed by atoms with Crippen LogP contribution in [0.1, 0.15) is 83.7 Å². The van der Waals surface area contributed by atoms with Crippen LogP contribution in [-0.2, 0) is 0 Å². The molecule has 1 amide bonds. The Bertz CT molecular complexity index is 1750. The molecule has 0 atom stereocenters. The number of hydrogen-bond acceptors (Lipinski definition) is 4. The Balaban J connectivity index is 0.000000691. The molecule has 0 spiro atoms. The molecule has 1 heterocycles. The van der Waals surface area contributed by atoms with Gasteiger partial charge in [0.05, 0.1) is 22.3 Å². The molecule has 6 nitrogen and oxygen atoms in total. The number of para-hydroxylation sites is 1. The summed E-state index contributed by atoms with van der Waals surface area (Å²) in [4.78, 5) is 56.8. The summed E-state index contributed by atoms with van der Waals surface area (Å²) in [6.07, 6.45) is 0. The summed E-state index contributed by atoms with van der Waals surface area (Å²) < 4.78 is 0. The summed E-state index contributed by atoms with van der Waals surface area (Å²) >= 11 is 0. The first kappa shape index (κ1) is 29.7. The number of ketones is 2. The Morgan fingerprint density at radius 1 is 0.625 bits per heavy atom. The quantitative estimate of drug-likeness (QED) is 0.222. The van der Waals surface area contributed by atoms with Crippen molar-refractivity contribution in [2.75, 3.05) is 5.32 Å². The third kappa shape index (κ3) is 5.21. The maximum atomic E-state index is 13.6. The van der Waals surface area contributed by atoms with Gasteiger partial charge < -0.3 is 10.3 Å². The highest BCUT2D eigenvalue weighted by molar-refractivity contribution is 6.34. The van der Waals surface area contributed by atoms with Crippen molar-refractivity contribution in [1.29, 1.82) is 0 Å². The van der Waals surface area contributed by atoms with Crippen molar-refractivity contribution in [2.45, 2.75) is 41.5 Å². The lowest BCUT2D eigenvalue weighted by atomic mass is 9.81. The molecule has 1 aliphatic carbocycles. The van der Waals surface area contributed by atoms with E-state index in [2.05, 4.69) is 10.3 Å². The van der Waals surface area contributed by atoms with Crippen molar-refractivity contribution < 1.29 is 14.4 Å². The third-order valence-corrected chi connectivity index (χ3v) is 6.16. The third-order valence-electron chi connectivity index (χ3n) is 6.16. The second kappa shape index (κ2) is 13.3. The molecule has 0 saturated carbocycles. The number of aromatic nitrogens is 1. The molecule has 6 heteroatoms. The summed E-state index contributed by atoms with van der Waals surface area (Å²) in [7, 11) is 0. The Labute approximate surface area is 234 Å². The molecule has 4 aromatic carbocycles. The van der Waals surface area contributed by atoms with Crippen LogP contribution in [0.25, 0.3) is 21.8 Å². The predicted molar refractivity (Wildman–Crippen MR) is 164 cm³/mol. The molecule has 0 unspecified atom stereocenters. The van der Waals surface area contributed by atoms with Crippen LogP contribution in [0, 0.1) is 0 Å². The van der Waals surface area contributed by atoms with E-state index in [0.29, 0.717) is 16.5 Å². The number of anilines is 1. The lowest BCUT2D eigenvalue weighted by Crippen LogP contribution is -2.25. The van der Waals surface area contributed by atoms with E-state index in [9.17, 15) is 19.2 Å². The van der Waals surface area contributed by atoms with Gasteiger partial charge in [-0.2, -0.15) is 0 Å². The van der Waals surface area contributed by atoms with Gasteiger partial charge in [0.1, 0.15) is 0 Å². The van der Waals surface area contributed by atoms with Crippen LogP contribution in [0.5, 0.6) is 0 Å². The van der Waals surface area contributed by atoms with Crippen molar-refractivity contribution in [3.63, 3.8) is 0 Å². The standard InChI is InChI=1S/C28H16N2O4.3C2H6/c31-25-18-12-6-7-13-20(18)29-24-19(25)14-21(30-28(34)15-8-2-1-3-9-15)22-23(24)27(33)17-11-5-4-10-16(17)26(22)32;3*1-2/h1-14H,(H,29,31)(H,30,34);3*1-2H3. The van der Waals surface area contributed by atoms with Gasteiger partial charge in [0.15, 0.2) is 17.0 Å². The minimum Gasteiger partial charge on any atom is -0.354 e. The molecule has 0 radical (unpaired) electrons. The fourth-order valence-electron chi connectivity index (χ4n) is 4.56. The van der Waals surface area contributed by atoms with E-state index in [1.807, 2.05) is 41.5 Å². The van der Waals surface area contributed by atoms with Crippen LogP contribution in [0.15, 0.2) is 89.7 Å². The van der Waals surface area contributed by atoms with Crippen LogP contribution < -0.4 is 10.7 Å². The lowest BCUT2D eigenvalue weighted by molar-refractivity contribution is 0.0979. The van der Waals surface area contributed by atoms with Crippen molar-refractivity contribution in [2.24, 2.45) is 0 Å². The minimum atomic E-state index is -0.446. The van der Waals surface area contributed by atoms with Crippen LogP contribution in [0.2, 0.25) is 0 Å². The van der Waals surface area contributed by atoms with Crippen molar-refractivity contribution in [3.05, 3.63) is 123 Å². The molecule has 2 N–H and O–H groups in total. The van der Waals surface area contributed by atoms with Crippen molar-refractivity contribution in [3.8, 4) is 0 Å². The zero-order chi connectivity index (χ0) is 29.4. The second-order valence-corrected chi connectivity index (χ2v) is 8.12. The zero-order valence-corrected chi connectivity index (χ0v) is 23.7. The Morgan fingerprint density at radius 3 is 1.77 bits per heavy atom. The van der Waals surface area contributed by atoms with Crippen LogP contribution in [-0.4, -0.2) is 22.5 Å². The zero-order valence-electron chi connectivity index (χ0n) is 23.7. The van der Waals surface area contributed by atoms with Gasteiger partial charge in [-0.1, -0.05) is 96.1 Å². The lowest BCUT2D eigenvalue weighted by Gasteiger charge is -2.22. The Morgan fingerprint density at radius 2 is 1.15 bits per heavy atom. The maximum absolute atomic E-state index is 13.6. The number of carbonyl (C=O) groups excluding carboxylic acids is 3. The normalized spacial score (nSPS) is 11.1. The predicted octanol–water partition coefficient (Wildman–Crippen LogP) is 7.79. The number of rotatable bonds is 2. The first-order chi connectivity index (χ1) is 19.5. The van der Waals surface area contributed by atoms with E-state index in [4.69, 9.17) is 0 Å². The first-order valence-electron chi connectivity index (χ1n) is 13.7. The number of pyridine rings is 1. The first-order valence-corrected chi connectivity index (χ1v) is 13.7. The van der Waals surface area contributed by atoms with Gasteiger partial charge in [-0.3, -0.25) is 19.2 Å². The van der Waals surface area contributed by atoms with Gasteiger partial charge in [0, 0.05) is 33.0 Å². The summed E-state index contributed by atoms with van der Waals surface area (Å²) in [5, 5.41) is 3.44. The molecule has 1 aromatic heterocycles. The maximum Gasteiger partial charge on any atom is 0.255 e. The highest BCUT2D eigenvalue weighted by atomic mass is 16.2. The highest BCUT2D eigenvalue weighted by Gasteiger charge is 2.34. The topological polar surface area (TPSA) is 96.1 Å². The van der Waals surface area contributed by atoms with E-state index >= 15 is 0 Å². The van der Waals surface area contributed by atoms with Crippen LogP contribution >= 0.6 is 0 Å². The number of fused-ring (bicyclic) bond motifs is 5. The number of hydrogen-bond donors (Lipinski definition) is 2. The number of carbonyl (C=O) groups is 3. The van der Waals surface area contributed by atoms with E-state index < -0.39 is 5.91 Å². The van der Waals surface area contributed by atoms with Gasteiger partial charge in [-0.05, 0) is 30.3 Å². The Hall–Kier alpha value is -4.84. The fraction of sp³-hybridized carbons (Fsp3) is 0.176. The summed E-state index contributed by atoms with van der Waals surface area (Å²) in [6, 6.07) is 23.6. The van der Waals surface area contributed by atoms with Gasteiger partial charge in [0.25, 0.3) is 5.91 Å². The van der Waals surface area contributed by atoms with Gasteiger partial charge >= 0.3 is 0 Å². The number of nitrogens with one attached hydrogen (secondary N) is 2. The average Bonchev–Trinajstić information content (AvgIpc) is 3.03. The smallest absolute Gasteiger partial charge is 0.255 e. The van der Waals surface area contributed by atoms with Crippen LogP contribution in [0.4, 0.5) is 5.69 Å². The minimum absolute atomic E-state index is 0.0754. The summed E-state index contributed by atoms with van der Waals surface area (Å²) in [5.41, 5.74) is 1.76.